The van der Waals surface area contributed by atoms with Gasteiger partial charge in [-0.1, -0.05) is 77.7 Å². The minimum atomic E-state index is -1.05. The fraction of sp³-hybridized carbons (Fsp3) is 0.481. The van der Waals surface area contributed by atoms with E-state index in [2.05, 4.69) is 105 Å². The maximum atomic E-state index is 9.75. The molecule has 1 aromatic carbocycles. The summed E-state index contributed by atoms with van der Waals surface area (Å²) in [5, 5.41) is 19.5. The Labute approximate surface area is 390 Å². The van der Waals surface area contributed by atoms with Crippen LogP contribution >= 0.6 is 22.7 Å². The normalized spacial score (nSPS) is 15.7. The number of rotatable bonds is 28. The highest BCUT2D eigenvalue weighted by Crippen LogP contribution is 2.49. The highest BCUT2D eigenvalue weighted by molar-refractivity contribution is 7.15. The van der Waals surface area contributed by atoms with Gasteiger partial charge in [0.15, 0.2) is 23.0 Å². The van der Waals surface area contributed by atoms with Gasteiger partial charge in [0, 0.05) is 31.0 Å². The molecule has 10 nitrogen and oxygen atoms in total. The van der Waals surface area contributed by atoms with Crippen molar-refractivity contribution < 1.29 is 28.8 Å². The zero-order valence-electron chi connectivity index (χ0n) is 38.9. The number of hydrogen-bond acceptors (Lipinski definition) is 10. The zero-order valence-corrected chi connectivity index (χ0v) is 40.5. The summed E-state index contributed by atoms with van der Waals surface area (Å²) >= 11 is 3.14. The van der Waals surface area contributed by atoms with Crippen molar-refractivity contribution in [3.8, 4) is 29.1 Å². The first-order chi connectivity index (χ1) is 31.2. The Balaban J connectivity index is 1.89. The predicted molar refractivity (Wildman–Crippen MR) is 266 cm³/mol. The summed E-state index contributed by atoms with van der Waals surface area (Å²) in [5.74, 6) is 2.72. The minimum Gasteiger partial charge on any atom is -0.505 e. The first-order valence-corrected chi connectivity index (χ1v) is 24.5. The number of anilines is 1. The Morgan fingerprint density at radius 3 is 1.52 bits per heavy atom. The number of allylic oxidation sites excluding steroid dienone is 1. The van der Waals surface area contributed by atoms with Crippen LogP contribution in [0, 0.1) is 24.5 Å². The molecule has 1 N–H and O–H groups in total. The number of aliphatic hydroxyl groups is 1. The van der Waals surface area contributed by atoms with Gasteiger partial charge in [0.25, 0.3) is 5.70 Å². The molecular formula is C52H66N4O6S2. The van der Waals surface area contributed by atoms with Crippen LogP contribution in [0.15, 0.2) is 53.1 Å². The van der Waals surface area contributed by atoms with Gasteiger partial charge in [-0.05, 0) is 101 Å². The molecule has 1 aliphatic rings. The van der Waals surface area contributed by atoms with Crippen LogP contribution in [-0.4, -0.2) is 56.8 Å². The smallest absolute Gasteiger partial charge is 0.292 e. The minimum absolute atomic E-state index is 0.0289. The van der Waals surface area contributed by atoms with Gasteiger partial charge in [0.1, 0.15) is 11.4 Å². The quantitative estimate of drug-likeness (QED) is 0.0437. The third-order valence-corrected chi connectivity index (χ3v) is 12.9. The van der Waals surface area contributed by atoms with Crippen LogP contribution in [0.25, 0.3) is 40.1 Å². The molecule has 0 amide bonds. The summed E-state index contributed by atoms with van der Waals surface area (Å²) in [6.07, 6.45) is 20.4. The summed E-state index contributed by atoms with van der Waals surface area (Å²) in [5.41, 5.74) is 1.62. The highest BCUT2D eigenvalue weighted by Gasteiger charge is 2.42. The summed E-state index contributed by atoms with van der Waals surface area (Å²) in [7, 11) is 0. The largest absolute Gasteiger partial charge is 0.505 e. The number of nitrogens with zero attached hydrogens (tertiary/aromatic N) is 4. The Kier molecular flexibility index (Phi) is 21.6. The molecule has 4 rings (SSSR count). The third kappa shape index (κ3) is 13.5. The standard InChI is InChI=1S/C52H66N4O6S2/c1-10-16-33-58-48-42(27-23-38-21-24-39(25-22-38)56(14-5)15-6)63-44(50(48)60-35-18-12-3)29-30-45-51(61-36-19-13-4)49(59-34-17-11-2)43(64-45)28-26-40-46(55-9)47(41(37-53)54-8)62-52(40,7)31-20-32-57/h21-30,57H,10-20,31-36H2,1-7H3/b27-23+,28-26+,30-29+,47-41+. The molecular weight excluding hydrogens is 841 g/mol. The van der Waals surface area contributed by atoms with Crippen LogP contribution in [0.1, 0.15) is 138 Å². The third-order valence-electron chi connectivity index (χ3n) is 10.7. The molecule has 0 saturated heterocycles. The molecule has 1 atom stereocenters. The van der Waals surface area contributed by atoms with E-state index in [1.807, 2.05) is 25.1 Å². The Morgan fingerprint density at radius 1 is 0.703 bits per heavy atom. The first-order valence-electron chi connectivity index (χ1n) is 22.9. The molecule has 0 saturated carbocycles. The molecule has 0 bridgehead atoms. The van der Waals surface area contributed by atoms with Gasteiger partial charge in [0.05, 0.1) is 65.1 Å². The maximum Gasteiger partial charge on any atom is 0.292 e. The summed E-state index contributed by atoms with van der Waals surface area (Å²) in [6, 6.07) is 10.5. The molecule has 3 heterocycles. The van der Waals surface area contributed by atoms with Crippen LogP contribution in [-0.2, 0) is 4.74 Å². The Bertz CT molecular complexity index is 2230. The lowest BCUT2D eigenvalue weighted by Gasteiger charge is -2.27. The maximum absolute atomic E-state index is 9.75. The van der Waals surface area contributed by atoms with Gasteiger partial charge >= 0.3 is 0 Å². The average Bonchev–Trinajstić information content (AvgIpc) is 3.92. The second-order valence-corrected chi connectivity index (χ2v) is 17.7. The second-order valence-electron chi connectivity index (χ2n) is 15.5. The monoisotopic (exact) mass is 906 g/mol. The molecule has 1 aliphatic heterocycles. The lowest BCUT2D eigenvalue weighted by Crippen LogP contribution is -2.26. The zero-order chi connectivity index (χ0) is 46.3. The SMILES string of the molecule is [C-]#[N+]C1=C(/C=C/c2sc(/C=C/c3sc(/C=C/c4ccc(N(CC)CC)cc4)c(OCCCC)c3OCCCC)c(OCCCC)c2OCCCC)C(C)(CCCO)O/C1=C(\C#N)[N+]#[C-]. The number of unbranched alkanes of at least 4 members (excludes halogenated alkanes) is 4. The fourth-order valence-electron chi connectivity index (χ4n) is 6.95. The number of ether oxygens (including phenoxy) is 5. The van der Waals surface area contributed by atoms with Gasteiger partial charge in [-0.15, -0.1) is 22.7 Å². The van der Waals surface area contributed by atoms with Crippen LogP contribution in [0.5, 0.6) is 23.0 Å². The van der Waals surface area contributed by atoms with Gasteiger partial charge < -0.3 is 33.7 Å². The molecule has 1 unspecified atom stereocenters. The predicted octanol–water partition coefficient (Wildman–Crippen LogP) is 14.1. The van der Waals surface area contributed by atoms with E-state index in [9.17, 15) is 10.4 Å². The highest BCUT2D eigenvalue weighted by atomic mass is 32.1. The Morgan fingerprint density at radius 2 is 1.14 bits per heavy atom. The van der Waals surface area contributed by atoms with Crippen molar-refractivity contribution in [1.29, 1.82) is 5.26 Å². The molecule has 2 aromatic heterocycles. The summed E-state index contributed by atoms with van der Waals surface area (Å²) in [6.45, 7) is 34.4. The molecule has 3 aromatic rings. The van der Waals surface area contributed by atoms with Crippen LogP contribution in [0.4, 0.5) is 5.69 Å². The van der Waals surface area contributed by atoms with E-state index < -0.39 is 5.60 Å². The average molecular weight is 907 g/mol. The topological polar surface area (TPSA) is 102 Å². The molecule has 64 heavy (non-hydrogen) atoms. The van der Waals surface area contributed by atoms with Crippen molar-refractivity contribution in [3.05, 3.63) is 101 Å². The van der Waals surface area contributed by atoms with E-state index in [4.69, 9.17) is 36.8 Å². The van der Waals surface area contributed by atoms with Crippen molar-refractivity contribution in [2.75, 3.05) is 51.0 Å². The molecule has 0 radical (unpaired) electrons. The molecule has 0 aliphatic carbocycles. The first kappa shape index (κ1) is 51.2. The van der Waals surface area contributed by atoms with Crippen LogP contribution in [0.3, 0.4) is 0 Å². The van der Waals surface area contributed by atoms with Gasteiger partial charge in [-0.3, -0.25) is 0 Å². The number of nitriles is 1. The number of hydrogen-bond donors (Lipinski definition) is 1. The van der Waals surface area contributed by atoms with Crippen molar-refractivity contribution in [3.63, 3.8) is 0 Å². The van der Waals surface area contributed by atoms with Gasteiger partial charge in [-0.2, -0.15) is 0 Å². The lowest BCUT2D eigenvalue weighted by atomic mass is 9.90. The molecule has 0 fully saturated rings. The van der Waals surface area contributed by atoms with E-state index in [-0.39, 0.29) is 23.8 Å². The van der Waals surface area contributed by atoms with E-state index in [1.54, 1.807) is 11.3 Å². The summed E-state index contributed by atoms with van der Waals surface area (Å²) < 4.78 is 32.5. The number of benzene rings is 1. The second kappa shape index (κ2) is 27.0. The molecule has 12 heteroatoms. The van der Waals surface area contributed by atoms with Crippen molar-refractivity contribution in [2.24, 2.45) is 0 Å². The van der Waals surface area contributed by atoms with Gasteiger partial charge in [0.2, 0.25) is 5.70 Å². The Hall–Kier alpha value is -5.45. The number of aliphatic hydroxyl groups excluding tert-OH is 1. The van der Waals surface area contributed by atoms with E-state index in [0.29, 0.717) is 56.3 Å². The van der Waals surface area contributed by atoms with Gasteiger partial charge in [-0.25, -0.2) is 15.0 Å². The van der Waals surface area contributed by atoms with E-state index >= 15 is 0 Å². The van der Waals surface area contributed by atoms with E-state index in [0.717, 1.165) is 101 Å². The molecule has 0 spiro atoms. The van der Waals surface area contributed by atoms with Crippen LogP contribution < -0.4 is 23.8 Å². The summed E-state index contributed by atoms with van der Waals surface area (Å²) in [4.78, 5) is 13.0. The van der Waals surface area contributed by atoms with Crippen molar-refractivity contribution >= 4 is 58.7 Å². The number of thiophene rings is 2. The van der Waals surface area contributed by atoms with Crippen molar-refractivity contribution in [1.82, 2.24) is 0 Å². The lowest BCUT2D eigenvalue weighted by molar-refractivity contribution is 0.0617. The fourth-order valence-corrected chi connectivity index (χ4v) is 8.95. The van der Waals surface area contributed by atoms with Crippen LogP contribution in [0.2, 0.25) is 0 Å². The van der Waals surface area contributed by atoms with Crippen molar-refractivity contribution in [2.45, 2.75) is 118 Å². The molecule has 342 valence electrons. The van der Waals surface area contributed by atoms with E-state index in [1.165, 1.54) is 17.0 Å².